The van der Waals surface area contributed by atoms with E-state index in [9.17, 15) is 9.59 Å². The number of aromatic nitrogens is 3. The van der Waals surface area contributed by atoms with E-state index in [0.717, 1.165) is 28.7 Å². The highest BCUT2D eigenvalue weighted by Gasteiger charge is 2.12. The standard InChI is InChI=1S/C31H30N6O3/c1-36(2)20-23-9-12-25(13-10-23)34-31-33-19-24-18-22(11-14-28(24)35-31)6-3-15-32-29(38)27-8-4-16-37(30(27)39)21-26-7-5-17-40-26/h3-14,16-19H,15,20-21H2,1-2H3,(H,32,38)(H,33,34,35)/b6-3+. The van der Waals surface area contributed by atoms with Crippen molar-refractivity contribution in [3.8, 4) is 0 Å². The molecule has 0 saturated heterocycles. The summed E-state index contributed by atoms with van der Waals surface area (Å²) in [5, 5.41) is 6.94. The summed E-state index contributed by atoms with van der Waals surface area (Å²) in [5.74, 6) is 0.743. The summed E-state index contributed by atoms with van der Waals surface area (Å²) in [6, 6.07) is 20.8. The Bertz CT molecular complexity index is 1690. The van der Waals surface area contributed by atoms with E-state index < -0.39 is 5.91 Å². The van der Waals surface area contributed by atoms with E-state index in [-0.39, 0.29) is 24.2 Å². The monoisotopic (exact) mass is 534 g/mol. The van der Waals surface area contributed by atoms with Crippen molar-refractivity contribution >= 4 is 34.5 Å². The van der Waals surface area contributed by atoms with Crippen molar-refractivity contribution in [1.82, 2.24) is 24.8 Å². The maximum atomic E-state index is 12.7. The maximum absolute atomic E-state index is 12.7. The number of carbonyl (C=O) groups is 1. The average molecular weight is 535 g/mol. The molecule has 2 N–H and O–H groups in total. The minimum absolute atomic E-state index is 0.0826. The molecule has 0 spiro atoms. The summed E-state index contributed by atoms with van der Waals surface area (Å²) < 4.78 is 6.75. The molecule has 0 radical (unpaired) electrons. The number of amides is 1. The normalized spacial score (nSPS) is 11.4. The summed E-state index contributed by atoms with van der Waals surface area (Å²) in [7, 11) is 4.09. The lowest BCUT2D eigenvalue weighted by molar-refractivity contribution is 0.0956. The first-order valence-electron chi connectivity index (χ1n) is 12.9. The SMILES string of the molecule is CN(C)Cc1ccc(Nc2ncc3cc(/C=C/CNC(=O)c4cccn(Cc5ccco5)c4=O)ccc3n2)cc1. The molecule has 0 unspecified atom stereocenters. The van der Waals surface area contributed by atoms with E-state index in [1.165, 1.54) is 16.2 Å². The van der Waals surface area contributed by atoms with Gasteiger partial charge in [0.2, 0.25) is 5.95 Å². The van der Waals surface area contributed by atoms with Crippen LogP contribution in [0.25, 0.3) is 17.0 Å². The molecule has 0 fully saturated rings. The number of rotatable bonds is 10. The number of carbonyl (C=O) groups excluding carboxylic acids is 1. The smallest absolute Gasteiger partial charge is 0.263 e. The van der Waals surface area contributed by atoms with Crippen molar-refractivity contribution in [2.24, 2.45) is 0 Å². The largest absolute Gasteiger partial charge is 0.467 e. The molecule has 40 heavy (non-hydrogen) atoms. The zero-order chi connectivity index (χ0) is 27.9. The van der Waals surface area contributed by atoms with Gasteiger partial charge in [0.15, 0.2) is 0 Å². The Kier molecular flexibility index (Phi) is 8.13. The van der Waals surface area contributed by atoms with Gasteiger partial charge in [-0.05, 0) is 73.8 Å². The highest BCUT2D eigenvalue weighted by Crippen LogP contribution is 2.19. The van der Waals surface area contributed by atoms with E-state index >= 15 is 0 Å². The van der Waals surface area contributed by atoms with Gasteiger partial charge in [0.25, 0.3) is 11.5 Å². The van der Waals surface area contributed by atoms with Crippen LogP contribution in [0.1, 0.15) is 27.2 Å². The predicted molar refractivity (Wildman–Crippen MR) is 157 cm³/mol. The van der Waals surface area contributed by atoms with Gasteiger partial charge in [0, 0.05) is 36.6 Å². The molecular formula is C31H30N6O3. The Hall–Kier alpha value is -5.02. The van der Waals surface area contributed by atoms with Crippen LogP contribution in [0.2, 0.25) is 0 Å². The number of nitrogens with one attached hydrogen (secondary N) is 2. The number of hydrogen-bond donors (Lipinski definition) is 2. The second kappa shape index (κ2) is 12.2. The van der Waals surface area contributed by atoms with E-state index in [1.807, 2.05) is 56.6 Å². The van der Waals surface area contributed by atoms with Gasteiger partial charge in [-0.1, -0.05) is 30.4 Å². The Morgan fingerprint density at radius 3 is 2.70 bits per heavy atom. The first-order valence-corrected chi connectivity index (χ1v) is 12.9. The Balaban J connectivity index is 1.18. The van der Waals surface area contributed by atoms with Gasteiger partial charge in [0.05, 0.1) is 18.3 Å². The molecule has 9 nitrogen and oxygen atoms in total. The van der Waals surface area contributed by atoms with Gasteiger partial charge >= 0.3 is 0 Å². The number of hydrogen-bond acceptors (Lipinski definition) is 7. The Labute approximate surface area is 231 Å². The number of nitrogens with zero attached hydrogens (tertiary/aromatic N) is 4. The molecule has 5 rings (SSSR count). The maximum Gasteiger partial charge on any atom is 0.263 e. The number of fused-ring (bicyclic) bond motifs is 1. The molecule has 0 aliphatic carbocycles. The molecule has 1 amide bonds. The molecule has 5 aromatic rings. The van der Waals surface area contributed by atoms with Crippen LogP contribution in [0.15, 0.2) is 101 Å². The van der Waals surface area contributed by atoms with Gasteiger partial charge in [-0.3, -0.25) is 9.59 Å². The third kappa shape index (κ3) is 6.69. The van der Waals surface area contributed by atoms with Crippen molar-refractivity contribution in [3.05, 3.63) is 124 Å². The number of benzene rings is 2. The van der Waals surface area contributed by atoms with Crippen LogP contribution < -0.4 is 16.2 Å². The van der Waals surface area contributed by atoms with Gasteiger partial charge in [0.1, 0.15) is 11.3 Å². The van der Waals surface area contributed by atoms with Crippen LogP contribution in [0.4, 0.5) is 11.6 Å². The van der Waals surface area contributed by atoms with Gasteiger partial charge in [-0.25, -0.2) is 9.97 Å². The van der Waals surface area contributed by atoms with Crippen molar-refractivity contribution in [3.63, 3.8) is 0 Å². The zero-order valence-corrected chi connectivity index (χ0v) is 22.4. The van der Waals surface area contributed by atoms with E-state index in [2.05, 4.69) is 37.6 Å². The third-order valence-electron chi connectivity index (χ3n) is 6.17. The second-order valence-electron chi connectivity index (χ2n) is 9.62. The van der Waals surface area contributed by atoms with Crippen LogP contribution >= 0.6 is 0 Å². The molecule has 202 valence electrons. The van der Waals surface area contributed by atoms with Crippen LogP contribution in [0, 0.1) is 0 Å². The third-order valence-corrected chi connectivity index (χ3v) is 6.17. The molecule has 0 saturated carbocycles. The molecular weight excluding hydrogens is 504 g/mol. The second-order valence-corrected chi connectivity index (χ2v) is 9.62. The van der Waals surface area contributed by atoms with Crippen LogP contribution in [0.5, 0.6) is 0 Å². The number of anilines is 2. The Morgan fingerprint density at radius 2 is 1.93 bits per heavy atom. The minimum atomic E-state index is -0.428. The number of furan rings is 1. The van der Waals surface area contributed by atoms with Crippen molar-refractivity contribution < 1.29 is 9.21 Å². The minimum Gasteiger partial charge on any atom is -0.467 e. The summed E-state index contributed by atoms with van der Waals surface area (Å²) in [6.45, 7) is 1.42. The highest BCUT2D eigenvalue weighted by atomic mass is 16.3. The van der Waals surface area contributed by atoms with E-state index in [4.69, 9.17) is 4.42 Å². The van der Waals surface area contributed by atoms with Crippen LogP contribution in [-0.2, 0) is 13.1 Å². The molecule has 3 aromatic heterocycles. The molecule has 2 aromatic carbocycles. The van der Waals surface area contributed by atoms with Gasteiger partial charge in [-0.15, -0.1) is 0 Å². The zero-order valence-electron chi connectivity index (χ0n) is 22.4. The Morgan fingerprint density at radius 1 is 1.07 bits per heavy atom. The molecule has 9 heteroatoms. The first-order chi connectivity index (χ1) is 19.4. The summed E-state index contributed by atoms with van der Waals surface area (Å²) in [6.07, 6.45) is 8.70. The summed E-state index contributed by atoms with van der Waals surface area (Å²) in [4.78, 5) is 36.5. The fourth-order valence-electron chi connectivity index (χ4n) is 4.25. The van der Waals surface area contributed by atoms with Crippen molar-refractivity contribution in [2.45, 2.75) is 13.1 Å². The van der Waals surface area contributed by atoms with Crippen molar-refractivity contribution in [2.75, 3.05) is 26.0 Å². The van der Waals surface area contributed by atoms with E-state index in [0.29, 0.717) is 11.7 Å². The number of pyridine rings is 1. The molecule has 0 aliphatic heterocycles. The molecule has 0 aliphatic rings. The highest BCUT2D eigenvalue weighted by molar-refractivity contribution is 5.93. The summed E-state index contributed by atoms with van der Waals surface area (Å²) in [5.41, 5.74) is 3.64. The fraction of sp³-hybridized carbons (Fsp3) is 0.161. The molecule has 3 heterocycles. The molecule has 0 atom stereocenters. The fourth-order valence-corrected chi connectivity index (χ4v) is 4.25. The average Bonchev–Trinajstić information content (AvgIpc) is 3.46. The van der Waals surface area contributed by atoms with Gasteiger partial charge < -0.3 is 24.5 Å². The van der Waals surface area contributed by atoms with Crippen LogP contribution in [0.3, 0.4) is 0 Å². The van der Waals surface area contributed by atoms with Crippen LogP contribution in [-0.4, -0.2) is 46.0 Å². The topological polar surface area (TPSA) is 105 Å². The lowest BCUT2D eigenvalue weighted by Gasteiger charge is -2.11. The van der Waals surface area contributed by atoms with E-state index in [1.54, 1.807) is 36.9 Å². The first kappa shape index (κ1) is 26.6. The van der Waals surface area contributed by atoms with Gasteiger partial charge in [-0.2, -0.15) is 0 Å². The lowest BCUT2D eigenvalue weighted by Crippen LogP contribution is -2.32. The van der Waals surface area contributed by atoms with Crippen molar-refractivity contribution in [1.29, 1.82) is 0 Å². The quantitative estimate of drug-likeness (QED) is 0.268. The molecule has 0 bridgehead atoms. The summed E-state index contributed by atoms with van der Waals surface area (Å²) >= 11 is 0. The predicted octanol–water partition coefficient (Wildman–Crippen LogP) is 4.68. The lowest BCUT2D eigenvalue weighted by atomic mass is 10.1.